The molecule has 1 aliphatic rings. The molecular weight excluding hydrogens is 184 g/mol. The molecule has 2 heteroatoms. The Hall–Kier alpha value is -0.0800. The van der Waals surface area contributed by atoms with Crippen LogP contribution in [-0.4, -0.2) is 36.6 Å². The Kier molecular flexibility index (Phi) is 5.62. The summed E-state index contributed by atoms with van der Waals surface area (Å²) >= 11 is 0. The van der Waals surface area contributed by atoms with Gasteiger partial charge in [0.05, 0.1) is 0 Å². The highest BCUT2D eigenvalue weighted by atomic mass is 15.2. The van der Waals surface area contributed by atoms with Gasteiger partial charge in [-0.05, 0) is 32.7 Å². The first kappa shape index (κ1) is 13.0. The van der Waals surface area contributed by atoms with Crippen molar-refractivity contribution in [3.8, 4) is 0 Å². The maximum absolute atomic E-state index is 3.53. The van der Waals surface area contributed by atoms with Crippen molar-refractivity contribution in [1.29, 1.82) is 0 Å². The predicted molar refractivity (Wildman–Crippen MR) is 67.2 cm³/mol. The van der Waals surface area contributed by atoms with Crippen molar-refractivity contribution in [3.63, 3.8) is 0 Å². The van der Waals surface area contributed by atoms with Crippen LogP contribution >= 0.6 is 0 Å². The highest BCUT2D eigenvalue weighted by molar-refractivity contribution is 4.80. The van der Waals surface area contributed by atoms with Gasteiger partial charge in [-0.15, -0.1) is 0 Å². The number of hydrogen-bond acceptors (Lipinski definition) is 2. The van der Waals surface area contributed by atoms with Crippen LogP contribution in [0.4, 0.5) is 0 Å². The van der Waals surface area contributed by atoms with Crippen LogP contribution in [0.25, 0.3) is 0 Å². The van der Waals surface area contributed by atoms with Crippen molar-refractivity contribution in [2.24, 2.45) is 5.92 Å². The van der Waals surface area contributed by atoms with Gasteiger partial charge < -0.3 is 5.32 Å². The molecule has 0 aromatic carbocycles. The topological polar surface area (TPSA) is 15.3 Å². The van der Waals surface area contributed by atoms with E-state index in [4.69, 9.17) is 0 Å². The van der Waals surface area contributed by atoms with Crippen molar-refractivity contribution < 1.29 is 0 Å². The fourth-order valence-corrected chi connectivity index (χ4v) is 2.28. The minimum atomic E-state index is 0.672. The van der Waals surface area contributed by atoms with Crippen molar-refractivity contribution in [1.82, 2.24) is 10.2 Å². The number of piperazine rings is 1. The van der Waals surface area contributed by atoms with Crippen LogP contribution < -0.4 is 5.32 Å². The Morgan fingerprint density at radius 1 is 1.27 bits per heavy atom. The van der Waals surface area contributed by atoms with Gasteiger partial charge in [-0.3, -0.25) is 4.90 Å². The van der Waals surface area contributed by atoms with Crippen LogP contribution in [0.3, 0.4) is 0 Å². The molecule has 0 spiro atoms. The summed E-state index contributed by atoms with van der Waals surface area (Å²) in [6.07, 6.45) is 4.15. The van der Waals surface area contributed by atoms with Crippen molar-refractivity contribution in [3.05, 3.63) is 0 Å². The SMILES string of the molecule is CC(C)CCCCN1CC(C)NCC1C. The third-order valence-electron chi connectivity index (χ3n) is 3.37. The van der Waals surface area contributed by atoms with Gasteiger partial charge in [-0.25, -0.2) is 0 Å². The molecule has 1 aliphatic heterocycles. The van der Waals surface area contributed by atoms with Crippen LogP contribution in [0.15, 0.2) is 0 Å². The molecule has 2 atom stereocenters. The third-order valence-corrected chi connectivity index (χ3v) is 3.37. The lowest BCUT2D eigenvalue weighted by Gasteiger charge is -2.37. The molecule has 2 unspecified atom stereocenters. The maximum atomic E-state index is 3.53. The standard InChI is InChI=1S/C13H28N2/c1-11(2)7-5-6-8-15-10-12(3)14-9-13(15)4/h11-14H,5-10H2,1-4H3. The zero-order valence-corrected chi connectivity index (χ0v) is 10.9. The summed E-state index contributed by atoms with van der Waals surface area (Å²) in [6, 6.07) is 1.39. The van der Waals surface area contributed by atoms with Crippen LogP contribution in [0, 0.1) is 5.92 Å². The molecule has 0 bridgehead atoms. The average Bonchev–Trinajstić information content (AvgIpc) is 2.17. The summed E-state index contributed by atoms with van der Waals surface area (Å²) in [4.78, 5) is 2.64. The summed E-state index contributed by atoms with van der Waals surface area (Å²) in [5.74, 6) is 0.865. The summed E-state index contributed by atoms with van der Waals surface area (Å²) in [6.45, 7) is 12.9. The maximum Gasteiger partial charge on any atom is 0.0193 e. The molecule has 0 amide bonds. The predicted octanol–water partition coefficient (Wildman–Crippen LogP) is 2.49. The number of hydrogen-bond donors (Lipinski definition) is 1. The van der Waals surface area contributed by atoms with Crippen LogP contribution in [-0.2, 0) is 0 Å². The zero-order chi connectivity index (χ0) is 11.3. The van der Waals surface area contributed by atoms with E-state index in [1.54, 1.807) is 0 Å². The van der Waals surface area contributed by atoms with Crippen molar-refractivity contribution in [2.45, 2.75) is 59.0 Å². The summed E-state index contributed by atoms with van der Waals surface area (Å²) in [5, 5.41) is 3.53. The van der Waals surface area contributed by atoms with E-state index in [-0.39, 0.29) is 0 Å². The molecule has 2 nitrogen and oxygen atoms in total. The second-order valence-electron chi connectivity index (χ2n) is 5.54. The van der Waals surface area contributed by atoms with E-state index in [1.807, 2.05) is 0 Å². The Labute approximate surface area is 95.4 Å². The molecule has 1 heterocycles. The Bertz CT molecular complexity index is 168. The van der Waals surface area contributed by atoms with Gasteiger partial charge >= 0.3 is 0 Å². The first-order chi connectivity index (χ1) is 7.09. The smallest absolute Gasteiger partial charge is 0.0193 e. The first-order valence-corrected chi connectivity index (χ1v) is 6.57. The number of nitrogens with zero attached hydrogens (tertiary/aromatic N) is 1. The Balaban J connectivity index is 2.13. The van der Waals surface area contributed by atoms with E-state index in [2.05, 4.69) is 37.9 Å². The Morgan fingerprint density at radius 2 is 2.00 bits per heavy atom. The van der Waals surface area contributed by atoms with Crippen molar-refractivity contribution in [2.75, 3.05) is 19.6 Å². The lowest BCUT2D eigenvalue weighted by Crippen LogP contribution is -2.54. The first-order valence-electron chi connectivity index (χ1n) is 6.57. The molecule has 0 radical (unpaired) electrons. The quantitative estimate of drug-likeness (QED) is 0.704. The van der Waals surface area contributed by atoms with Crippen molar-refractivity contribution >= 4 is 0 Å². The van der Waals surface area contributed by atoms with Crippen LogP contribution in [0.1, 0.15) is 47.0 Å². The molecule has 0 aromatic heterocycles. The fourth-order valence-electron chi connectivity index (χ4n) is 2.28. The van der Waals surface area contributed by atoms with Gasteiger partial charge in [0.1, 0.15) is 0 Å². The van der Waals surface area contributed by atoms with Gasteiger partial charge in [0.15, 0.2) is 0 Å². The zero-order valence-electron chi connectivity index (χ0n) is 10.9. The summed E-state index contributed by atoms with van der Waals surface area (Å²) in [7, 11) is 0. The molecule has 0 saturated carbocycles. The summed E-state index contributed by atoms with van der Waals surface area (Å²) < 4.78 is 0. The highest BCUT2D eigenvalue weighted by Gasteiger charge is 2.21. The number of nitrogens with one attached hydrogen (secondary N) is 1. The van der Waals surface area contributed by atoms with E-state index in [1.165, 1.54) is 32.4 Å². The molecule has 0 aromatic rings. The molecule has 1 fully saturated rings. The van der Waals surface area contributed by atoms with Gasteiger partial charge in [-0.1, -0.05) is 26.7 Å². The van der Waals surface area contributed by atoms with Gasteiger partial charge in [0.25, 0.3) is 0 Å². The number of rotatable bonds is 5. The number of unbranched alkanes of at least 4 members (excludes halogenated alkanes) is 1. The normalized spacial score (nSPS) is 28.6. The molecular formula is C13H28N2. The van der Waals surface area contributed by atoms with Gasteiger partial charge in [0, 0.05) is 25.2 Å². The Morgan fingerprint density at radius 3 is 2.67 bits per heavy atom. The fraction of sp³-hybridized carbons (Fsp3) is 1.00. The van der Waals surface area contributed by atoms with E-state index in [0.29, 0.717) is 6.04 Å². The minimum absolute atomic E-state index is 0.672. The van der Waals surface area contributed by atoms with E-state index in [9.17, 15) is 0 Å². The van der Waals surface area contributed by atoms with Crippen LogP contribution in [0.5, 0.6) is 0 Å². The average molecular weight is 212 g/mol. The minimum Gasteiger partial charge on any atom is -0.311 e. The highest BCUT2D eigenvalue weighted by Crippen LogP contribution is 2.11. The monoisotopic (exact) mass is 212 g/mol. The molecule has 0 aliphatic carbocycles. The van der Waals surface area contributed by atoms with Gasteiger partial charge in [-0.2, -0.15) is 0 Å². The molecule has 1 N–H and O–H groups in total. The molecule has 1 saturated heterocycles. The summed E-state index contributed by atoms with van der Waals surface area (Å²) in [5.41, 5.74) is 0. The van der Waals surface area contributed by atoms with E-state index < -0.39 is 0 Å². The lowest BCUT2D eigenvalue weighted by molar-refractivity contribution is 0.143. The van der Waals surface area contributed by atoms with E-state index >= 15 is 0 Å². The molecule has 90 valence electrons. The third kappa shape index (κ3) is 4.98. The second kappa shape index (κ2) is 6.49. The largest absolute Gasteiger partial charge is 0.311 e. The van der Waals surface area contributed by atoms with Gasteiger partial charge in [0.2, 0.25) is 0 Å². The molecule has 15 heavy (non-hydrogen) atoms. The van der Waals surface area contributed by atoms with Crippen LogP contribution in [0.2, 0.25) is 0 Å². The lowest BCUT2D eigenvalue weighted by atomic mass is 10.1. The second-order valence-corrected chi connectivity index (χ2v) is 5.54. The van der Waals surface area contributed by atoms with E-state index in [0.717, 1.165) is 18.5 Å². The molecule has 1 rings (SSSR count).